The lowest BCUT2D eigenvalue weighted by Crippen LogP contribution is -2.47. The molecule has 0 saturated heterocycles. The van der Waals surface area contributed by atoms with Gasteiger partial charge >= 0.3 is 12.3 Å². The van der Waals surface area contributed by atoms with E-state index in [1.54, 1.807) is 26.1 Å². The van der Waals surface area contributed by atoms with Gasteiger partial charge in [-0.2, -0.15) is 13.2 Å². The van der Waals surface area contributed by atoms with E-state index < -0.39 is 23.9 Å². The number of halogens is 3. The number of aliphatic hydroxyl groups excluding tert-OH is 1. The number of carbonyl (C=O) groups excluding carboxylic acids is 1. The highest BCUT2D eigenvalue weighted by Gasteiger charge is 2.40. The second kappa shape index (κ2) is 6.09. The van der Waals surface area contributed by atoms with Gasteiger partial charge in [-0.05, 0) is 33.6 Å². The van der Waals surface area contributed by atoms with Gasteiger partial charge in [0.05, 0.1) is 0 Å². The van der Waals surface area contributed by atoms with E-state index in [0.717, 1.165) is 0 Å². The summed E-state index contributed by atoms with van der Waals surface area (Å²) in [7, 11) is 0. The third-order valence-corrected chi connectivity index (χ3v) is 1.74. The summed E-state index contributed by atoms with van der Waals surface area (Å²) in [5, 5.41) is 10.2. The minimum atomic E-state index is -4.55. The highest BCUT2D eigenvalue weighted by molar-refractivity contribution is 5.68. The average molecular weight is 257 g/mol. The van der Waals surface area contributed by atoms with E-state index in [2.05, 4.69) is 0 Å². The van der Waals surface area contributed by atoms with E-state index in [4.69, 9.17) is 9.84 Å². The second-order valence-electron chi connectivity index (χ2n) is 4.61. The molecule has 2 N–H and O–H groups in total. The molecule has 0 aromatic heterocycles. The van der Waals surface area contributed by atoms with Gasteiger partial charge in [-0.15, -0.1) is 0 Å². The zero-order valence-corrected chi connectivity index (χ0v) is 10.1. The van der Waals surface area contributed by atoms with Crippen LogP contribution in [0.15, 0.2) is 0 Å². The first kappa shape index (κ1) is 16.0. The van der Waals surface area contributed by atoms with Crippen LogP contribution in [0.3, 0.4) is 0 Å². The number of amides is 1. The van der Waals surface area contributed by atoms with Crippen LogP contribution in [0.2, 0.25) is 0 Å². The summed E-state index contributed by atoms with van der Waals surface area (Å²) in [6, 6.07) is -2.00. The maximum Gasteiger partial charge on any atom is 0.408 e. The molecule has 17 heavy (non-hydrogen) atoms. The molecule has 0 aliphatic carbocycles. The van der Waals surface area contributed by atoms with Gasteiger partial charge in [0.25, 0.3) is 0 Å². The minimum absolute atomic E-state index is 0.0417. The Kier molecular flexibility index (Phi) is 5.74. The fraction of sp³-hybridized carbons (Fsp3) is 0.900. The van der Waals surface area contributed by atoms with Gasteiger partial charge in [-0.1, -0.05) is 0 Å². The predicted molar refractivity (Wildman–Crippen MR) is 55.5 cm³/mol. The number of hydrogen-bond acceptors (Lipinski definition) is 3. The molecule has 0 aliphatic rings. The summed E-state index contributed by atoms with van der Waals surface area (Å²) in [6.07, 6.45) is -6.08. The van der Waals surface area contributed by atoms with Gasteiger partial charge < -0.3 is 15.2 Å². The molecule has 4 nitrogen and oxygen atoms in total. The van der Waals surface area contributed by atoms with Crippen molar-refractivity contribution in [3.8, 4) is 0 Å². The molecule has 7 heteroatoms. The van der Waals surface area contributed by atoms with Crippen molar-refractivity contribution in [2.45, 2.75) is 51.4 Å². The normalized spacial score (nSPS) is 14.3. The molecule has 0 bridgehead atoms. The molecule has 0 fully saturated rings. The number of rotatable bonds is 4. The zero-order valence-electron chi connectivity index (χ0n) is 10.1. The molecular weight excluding hydrogens is 239 g/mol. The van der Waals surface area contributed by atoms with Crippen molar-refractivity contribution < 1.29 is 27.8 Å². The summed E-state index contributed by atoms with van der Waals surface area (Å²) in [5.74, 6) is 0. The molecule has 102 valence electrons. The Morgan fingerprint density at radius 1 is 1.35 bits per heavy atom. The fourth-order valence-corrected chi connectivity index (χ4v) is 1.06. The third-order valence-electron chi connectivity index (χ3n) is 1.74. The van der Waals surface area contributed by atoms with E-state index in [-0.39, 0.29) is 19.4 Å². The van der Waals surface area contributed by atoms with Crippen molar-refractivity contribution in [2.75, 3.05) is 6.61 Å². The number of carbonyl (C=O) groups is 1. The minimum Gasteiger partial charge on any atom is -0.444 e. The number of aliphatic hydroxyl groups is 1. The van der Waals surface area contributed by atoms with Crippen LogP contribution in [0.1, 0.15) is 33.6 Å². The fourth-order valence-electron chi connectivity index (χ4n) is 1.06. The quantitative estimate of drug-likeness (QED) is 0.811. The molecule has 0 rings (SSSR count). The molecule has 0 radical (unpaired) electrons. The lowest BCUT2D eigenvalue weighted by Gasteiger charge is -2.24. The summed E-state index contributed by atoms with van der Waals surface area (Å²) in [6.45, 7) is 4.32. The van der Waals surface area contributed by atoms with Gasteiger partial charge in [0, 0.05) is 6.61 Å². The maximum atomic E-state index is 12.5. The second-order valence-corrected chi connectivity index (χ2v) is 4.61. The Morgan fingerprint density at radius 3 is 2.24 bits per heavy atom. The Morgan fingerprint density at radius 2 is 1.88 bits per heavy atom. The maximum absolute atomic E-state index is 12.5. The Labute approximate surface area is 98.1 Å². The van der Waals surface area contributed by atoms with E-state index in [9.17, 15) is 18.0 Å². The summed E-state index contributed by atoms with van der Waals surface area (Å²) in [5.41, 5.74) is -0.850. The molecule has 0 aliphatic heterocycles. The summed E-state index contributed by atoms with van der Waals surface area (Å²) >= 11 is 0. The van der Waals surface area contributed by atoms with Crippen LogP contribution in [0.25, 0.3) is 0 Å². The first-order valence-electron chi connectivity index (χ1n) is 5.23. The van der Waals surface area contributed by atoms with Crippen LogP contribution in [-0.4, -0.2) is 35.6 Å². The van der Waals surface area contributed by atoms with Crippen molar-refractivity contribution in [1.29, 1.82) is 0 Å². The summed E-state index contributed by atoms with van der Waals surface area (Å²) < 4.78 is 42.2. The van der Waals surface area contributed by atoms with E-state index >= 15 is 0 Å². The van der Waals surface area contributed by atoms with Crippen molar-refractivity contribution in [1.82, 2.24) is 5.32 Å². The molecular formula is C10H18F3NO3. The molecule has 1 atom stereocenters. The highest BCUT2D eigenvalue weighted by Crippen LogP contribution is 2.23. The number of hydrogen-bond donors (Lipinski definition) is 2. The number of ether oxygens (including phenoxy) is 1. The summed E-state index contributed by atoms with van der Waals surface area (Å²) in [4.78, 5) is 11.2. The van der Waals surface area contributed by atoms with Crippen molar-refractivity contribution in [3.05, 3.63) is 0 Å². The van der Waals surface area contributed by atoms with E-state index in [1.807, 2.05) is 0 Å². The SMILES string of the molecule is CC(C)(C)OC(=O)N[C@@H](CCCO)C(F)(F)F. The first-order chi connectivity index (χ1) is 7.56. The molecule has 0 saturated carbocycles. The Hall–Kier alpha value is -0.980. The largest absolute Gasteiger partial charge is 0.444 e. The van der Waals surface area contributed by atoms with E-state index in [0.29, 0.717) is 0 Å². The molecule has 1 amide bonds. The molecule has 0 aromatic carbocycles. The van der Waals surface area contributed by atoms with Crippen LogP contribution in [0.5, 0.6) is 0 Å². The monoisotopic (exact) mass is 257 g/mol. The van der Waals surface area contributed by atoms with E-state index in [1.165, 1.54) is 0 Å². The lowest BCUT2D eigenvalue weighted by molar-refractivity contribution is -0.157. The van der Waals surface area contributed by atoms with Gasteiger partial charge in [-0.25, -0.2) is 4.79 Å². The number of alkyl carbamates (subject to hydrolysis) is 1. The standard InChI is InChI=1S/C10H18F3NO3/c1-9(2,3)17-8(16)14-7(5-4-6-15)10(11,12)13/h7,15H,4-6H2,1-3H3,(H,14,16)/t7-/m0/s1. The van der Waals surface area contributed by atoms with Crippen LogP contribution < -0.4 is 5.32 Å². The van der Waals surface area contributed by atoms with Crippen LogP contribution >= 0.6 is 0 Å². The predicted octanol–water partition coefficient (Wildman–Crippen LogP) is 2.21. The lowest BCUT2D eigenvalue weighted by atomic mass is 10.1. The zero-order chi connectivity index (χ0) is 13.7. The van der Waals surface area contributed by atoms with Crippen LogP contribution in [-0.2, 0) is 4.74 Å². The van der Waals surface area contributed by atoms with Gasteiger partial charge in [0.2, 0.25) is 0 Å². The molecule has 0 aromatic rings. The van der Waals surface area contributed by atoms with Gasteiger partial charge in [0.1, 0.15) is 11.6 Å². The highest BCUT2D eigenvalue weighted by atomic mass is 19.4. The third kappa shape index (κ3) is 7.84. The average Bonchev–Trinajstić information content (AvgIpc) is 2.07. The smallest absolute Gasteiger partial charge is 0.408 e. The van der Waals surface area contributed by atoms with Crippen molar-refractivity contribution in [3.63, 3.8) is 0 Å². The topological polar surface area (TPSA) is 58.6 Å². The molecule has 0 spiro atoms. The number of nitrogens with one attached hydrogen (secondary N) is 1. The molecule has 0 heterocycles. The Balaban J connectivity index is 4.39. The van der Waals surface area contributed by atoms with Gasteiger partial charge in [-0.3, -0.25) is 0 Å². The Bertz CT molecular complexity index is 248. The van der Waals surface area contributed by atoms with Crippen molar-refractivity contribution >= 4 is 6.09 Å². The van der Waals surface area contributed by atoms with Gasteiger partial charge in [0.15, 0.2) is 0 Å². The first-order valence-corrected chi connectivity index (χ1v) is 5.23. The van der Waals surface area contributed by atoms with Crippen LogP contribution in [0, 0.1) is 0 Å². The molecule has 0 unspecified atom stereocenters. The van der Waals surface area contributed by atoms with Crippen molar-refractivity contribution in [2.24, 2.45) is 0 Å². The van der Waals surface area contributed by atoms with Crippen LogP contribution in [0.4, 0.5) is 18.0 Å². The number of alkyl halides is 3.